The van der Waals surface area contributed by atoms with E-state index in [4.69, 9.17) is 0 Å². The second kappa shape index (κ2) is 8.03. The molecule has 0 amide bonds. The topological polar surface area (TPSA) is 49.4 Å². The number of hydrogen-bond acceptors (Lipinski definition) is 4. The summed E-state index contributed by atoms with van der Waals surface area (Å²) in [5.74, 6) is 0.902. The zero-order chi connectivity index (χ0) is 12.6. The highest BCUT2D eigenvalue weighted by Gasteiger charge is 2.05. The summed E-state index contributed by atoms with van der Waals surface area (Å²) >= 11 is 0. The summed E-state index contributed by atoms with van der Waals surface area (Å²) in [4.78, 5) is 2.37. The fraction of sp³-hybridized carbons (Fsp3) is 1.00. The Balaban J connectivity index is 3.56. The maximum absolute atomic E-state index is 10.9. The lowest BCUT2D eigenvalue weighted by Crippen LogP contribution is -2.35. The number of nitrogens with zero attached hydrogens (tertiary/aromatic N) is 1. The van der Waals surface area contributed by atoms with Crippen LogP contribution in [0.1, 0.15) is 20.8 Å². The summed E-state index contributed by atoms with van der Waals surface area (Å²) in [6, 6.07) is 0. The van der Waals surface area contributed by atoms with Crippen molar-refractivity contribution in [2.24, 2.45) is 5.92 Å². The molecule has 0 atom stereocenters. The van der Waals surface area contributed by atoms with Crippen molar-refractivity contribution in [2.45, 2.75) is 20.8 Å². The van der Waals surface area contributed by atoms with Gasteiger partial charge in [-0.3, -0.25) is 0 Å². The molecule has 0 radical (unpaired) electrons. The van der Waals surface area contributed by atoms with Crippen LogP contribution in [0.25, 0.3) is 0 Å². The average molecular weight is 250 g/mol. The van der Waals surface area contributed by atoms with Crippen molar-refractivity contribution in [2.75, 3.05) is 44.7 Å². The van der Waals surface area contributed by atoms with Crippen LogP contribution in [0.15, 0.2) is 0 Å². The van der Waals surface area contributed by atoms with Crippen molar-refractivity contribution in [3.8, 4) is 0 Å². The first kappa shape index (κ1) is 15.9. The number of hydrogen-bond donors (Lipinski definition) is 1. The van der Waals surface area contributed by atoms with Gasteiger partial charge in [0, 0.05) is 32.4 Å². The first-order valence-corrected chi connectivity index (χ1v) is 8.02. The van der Waals surface area contributed by atoms with Crippen LogP contribution in [-0.2, 0) is 9.84 Å². The fourth-order valence-corrected chi connectivity index (χ4v) is 2.03. The number of rotatable bonds is 9. The second-order valence-corrected chi connectivity index (χ2v) is 6.93. The summed E-state index contributed by atoms with van der Waals surface area (Å²) in [5, 5.41) is 3.16. The van der Waals surface area contributed by atoms with Gasteiger partial charge >= 0.3 is 0 Å². The van der Waals surface area contributed by atoms with Gasteiger partial charge in [-0.2, -0.15) is 0 Å². The van der Waals surface area contributed by atoms with Crippen LogP contribution in [-0.4, -0.2) is 58.1 Å². The molecular formula is C11H26N2O2S. The molecule has 0 saturated heterocycles. The SMILES string of the molecule is CCN(CCNCCS(C)(=O)=O)CC(C)C. The predicted octanol–water partition coefficient (Wildman–Crippen LogP) is 0.599. The van der Waals surface area contributed by atoms with E-state index in [2.05, 4.69) is 31.0 Å². The molecule has 0 aliphatic heterocycles. The van der Waals surface area contributed by atoms with Crippen molar-refractivity contribution in [3.63, 3.8) is 0 Å². The fourth-order valence-electron chi connectivity index (χ4n) is 1.51. The monoisotopic (exact) mass is 250 g/mol. The van der Waals surface area contributed by atoms with Gasteiger partial charge < -0.3 is 10.2 Å². The molecule has 0 aliphatic rings. The normalized spacial score (nSPS) is 12.6. The first-order valence-electron chi connectivity index (χ1n) is 5.96. The van der Waals surface area contributed by atoms with Crippen molar-refractivity contribution in [1.29, 1.82) is 0 Å². The minimum Gasteiger partial charge on any atom is -0.314 e. The lowest BCUT2D eigenvalue weighted by Gasteiger charge is -2.22. The lowest BCUT2D eigenvalue weighted by atomic mass is 10.2. The largest absolute Gasteiger partial charge is 0.314 e. The van der Waals surface area contributed by atoms with E-state index in [1.165, 1.54) is 6.26 Å². The van der Waals surface area contributed by atoms with Gasteiger partial charge in [0.1, 0.15) is 9.84 Å². The maximum Gasteiger partial charge on any atom is 0.148 e. The van der Waals surface area contributed by atoms with Gasteiger partial charge in [-0.25, -0.2) is 8.42 Å². The Morgan fingerprint density at radius 3 is 2.31 bits per heavy atom. The van der Waals surface area contributed by atoms with Gasteiger partial charge in [0.25, 0.3) is 0 Å². The molecule has 0 aromatic heterocycles. The van der Waals surface area contributed by atoms with Crippen LogP contribution in [0.4, 0.5) is 0 Å². The van der Waals surface area contributed by atoms with Crippen molar-refractivity contribution in [3.05, 3.63) is 0 Å². The molecule has 1 N–H and O–H groups in total. The van der Waals surface area contributed by atoms with Crippen LogP contribution < -0.4 is 5.32 Å². The number of nitrogens with one attached hydrogen (secondary N) is 1. The van der Waals surface area contributed by atoms with Gasteiger partial charge in [0.05, 0.1) is 5.75 Å². The summed E-state index contributed by atoms with van der Waals surface area (Å²) in [6.07, 6.45) is 1.27. The van der Waals surface area contributed by atoms with E-state index in [0.717, 1.165) is 26.2 Å². The van der Waals surface area contributed by atoms with E-state index < -0.39 is 9.84 Å². The third-order valence-corrected chi connectivity index (χ3v) is 3.27. The Kier molecular flexibility index (Phi) is 7.97. The zero-order valence-corrected chi connectivity index (χ0v) is 11.8. The van der Waals surface area contributed by atoms with Gasteiger partial charge in [0.2, 0.25) is 0 Å². The summed E-state index contributed by atoms with van der Waals surface area (Å²) in [6.45, 7) is 11.1. The third-order valence-electron chi connectivity index (χ3n) is 2.32. The molecule has 0 rings (SSSR count). The van der Waals surface area contributed by atoms with Gasteiger partial charge in [0.15, 0.2) is 0 Å². The predicted molar refractivity (Wildman–Crippen MR) is 69.5 cm³/mol. The zero-order valence-electron chi connectivity index (χ0n) is 11.0. The standard InChI is InChI=1S/C11H26N2O2S/c1-5-13(10-11(2)3)8-6-12-7-9-16(4,14)15/h11-12H,5-10H2,1-4H3. The van der Waals surface area contributed by atoms with Crippen molar-refractivity contribution < 1.29 is 8.42 Å². The Morgan fingerprint density at radius 2 is 1.88 bits per heavy atom. The molecule has 0 saturated carbocycles. The molecule has 0 aromatic carbocycles. The van der Waals surface area contributed by atoms with Crippen LogP contribution in [0.5, 0.6) is 0 Å². The molecule has 16 heavy (non-hydrogen) atoms. The number of likely N-dealkylation sites (N-methyl/N-ethyl adjacent to an activating group) is 1. The maximum atomic E-state index is 10.9. The molecular weight excluding hydrogens is 224 g/mol. The van der Waals surface area contributed by atoms with Gasteiger partial charge in [-0.1, -0.05) is 20.8 Å². The highest BCUT2D eigenvalue weighted by atomic mass is 32.2. The Bertz CT molecular complexity index is 263. The molecule has 98 valence electrons. The minimum atomic E-state index is -2.83. The van der Waals surface area contributed by atoms with E-state index in [0.29, 0.717) is 12.5 Å². The molecule has 4 nitrogen and oxygen atoms in total. The molecule has 0 fully saturated rings. The van der Waals surface area contributed by atoms with Crippen molar-refractivity contribution in [1.82, 2.24) is 10.2 Å². The lowest BCUT2D eigenvalue weighted by molar-refractivity contribution is 0.257. The molecule has 5 heteroatoms. The molecule has 0 bridgehead atoms. The Labute approximate surface area is 100 Å². The van der Waals surface area contributed by atoms with Crippen LogP contribution >= 0.6 is 0 Å². The molecule has 0 unspecified atom stereocenters. The van der Waals surface area contributed by atoms with E-state index >= 15 is 0 Å². The highest BCUT2D eigenvalue weighted by molar-refractivity contribution is 7.90. The first-order chi connectivity index (χ1) is 7.35. The molecule has 0 aliphatic carbocycles. The smallest absolute Gasteiger partial charge is 0.148 e. The average Bonchev–Trinajstić information content (AvgIpc) is 2.13. The Morgan fingerprint density at radius 1 is 1.25 bits per heavy atom. The van der Waals surface area contributed by atoms with E-state index in [9.17, 15) is 8.42 Å². The third kappa shape index (κ3) is 10.4. The summed E-state index contributed by atoms with van der Waals surface area (Å²) in [7, 11) is -2.83. The number of sulfone groups is 1. The van der Waals surface area contributed by atoms with Crippen LogP contribution in [0, 0.1) is 5.92 Å². The molecule has 0 aromatic rings. The Hall–Kier alpha value is -0.130. The molecule has 0 spiro atoms. The van der Waals surface area contributed by atoms with E-state index in [1.807, 2.05) is 0 Å². The molecule has 0 heterocycles. The van der Waals surface area contributed by atoms with E-state index in [1.54, 1.807) is 0 Å². The quantitative estimate of drug-likeness (QED) is 0.609. The van der Waals surface area contributed by atoms with Crippen LogP contribution in [0.2, 0.25) is 0 Å². The minimum absolute atomic E-state index is 0.226. The summed E-state index contributed by atoms with van der Waals surface area (Å²) < 4.78 is 21.8. The highest BCUT2D eigenvalue weighted by Crippen LogP contribution is 1.96. The van der Waals surface area contributed by atoms with Crippen LogP contribution in [0.3, 0.4) is 0 Å². The van der Waals surface area contributed by atoms with Gasteiger partial charge in [-0.15, -0.1) is 0 Å². The summed E-state index contributed by atoms with van der Waals surface area (Å²) in [5.41, 5.74) is 0. The van der Waals surface area contributed by atoms with Crippen molar-refractivity contribution >= 4 is 9.84 Å². The van der Waals surface area contributed by atoms with E-state index in [-0.39, 0.29) is 5.75 Å². The second-order valence-electron chi connectivity index (χ2n) is 4.67. The van der Waals surface area contributed by atoms with Gasteiger partial charge in [-0.05, 0) is 12.5 Å².